The molecule has 0 atom stereocenters. The Hall–Kier alpha value is -2.63. The van der Waals surface area contributed by atoms with Gasteiger partial charge in [-0.1, -0.05) is 29.4 Å². The Bertz CT molecular complexity index is 674. The lowest BCUT2D eigenvalue weighted by molar-refractivity contribution is 0.318. The predicted octanol–water partition coefficient (Wildman–Crippen LogP) is 2.70. The average Bonchev–Trinajstić information content (AvgIpc) is 2.48. The molecule has 0 amide bonds. The molecule has 2 rings (SSSR count). The van der Waals surface area contributed by atoms with E-state index in [2.05, 4.69) is 5.16 Å². The quantitative estimate of drug-likeness (QED) is 0.394. The van der Waals surface area contributed by atoms with Gasteiger partial charge in [-0.05, 0) is 18.2 Å². The molecule has 2 aromatic rings. The van der Waals surface area contributed by atoms with Gasteiger partial charge in [-0.3, -0.25) is 0 Å². The number of halogens is 2. The molecule has 6 heteroatoms. The lowest BCUT2D eigenvalue weighted by atomic mass is 10.1. The molecule has 2 aromatic carbocycles. The van der Waals surface area contributed by atoms with Crippen molar-refractivity contribution in [2.75, 3.05) is 11.9 Å². The van der Waals surface area contributed by atoms with E-state index in [-0.39, 0.29) is 23.8 Å². The Labute approximate surface area is 121 Å². The highest BCUT2D eigenvalue weighted by molar-refractivity contribution is 6.02. The second kappa shape index (κ2) is 6.21. The third-order valence-electron chi connectivity index (χ3n) is 3.13. The maximum absolute atomic E-state index is 13.9. The second-order valence-electron chi connectivity index (χ2n) is 4.57. The van der Waals surface area contributed by atoms with E-state index in [1.54, 1.807) is 36.2 Å². The first kappa shape index (κ1) is 14.8. The van der Waals surface area contributed by atoms with E-state index >= 15 is 0 Å². The number of hydrogen-bond donors (Lipinski definition) is 2. The van der Waals surface area contributed by atoms with Crippen LogP contribution in [-0.4, -0.2) is 18.1 Å². The van der Waals surface area contributed by atoms with Crippen molar-refractivity contribution in [1.82, 2.24) is 0 Å². The fraction of sp³-hybridized carbons (Fsp3) is 0.133. The molecule has 110 valence electrons. The van der Waals surface area contributed by atoms with Crippen LogP contribution in [0.1, 0.15) is 11.1 Å². The minimum Gasteiger partial charge on any atom is -0.409 e. The lowest BCUT2D eigenvalue weighted by Gasteiger charge is -2.22. The molecular weight excluding hydrogens is 276 g/mol. The summed E-state index contributed by atoms with van der Waals surface area (Å²) in [5.74, 6) is -1.28. The zero-order valence-corrected chi connectivity index (χ0v) is 11.4. The molecular formula is C15H15F2N3O. The van der Waals surface area contributed by atoms with Gasteiger partial charge in [-0.15, -0.1) is 0 Å². The Balaban J connectivity index is 2.38. The number of benzene rings is 2. The van der Waals surface area contributed by atoms with Crippen molar-refractivity contribution < 1.29 is 14.0 Å². The Morgan fingerprint density at radius 1 is 1.14 bits per heavy atom. The highest BCUT2D eigenvalue weighted by atomic mass is 19.1. The maximum atomic E-state index is 13.9. The molecule has 21 heavy (non-hydrogen) atoms. The van der Waals surface area contributed by atoms with E-state index in [4.69, 9.17) is 10.9 Å². The summed E-state index contributed by atoms with van der Waals surface area (Å²) in [6, 6.07) is 10.7. The number of nitrogens with two attached hydrogens (primary N) is 1. The van der Waals surface area contributed by atoms with Crippen molar-refractivity contribution in [3.05, 3.63) is 65.2 Å². The Morgan fingerprint density at radius 3 is 2.48 bits per heavy atom. The molecule has 0 saturated carbocycles. The molecule has 0 aliphatic carbocycles. The molecule has 0 aliphatic rings. The first-order valence-electron chi connectivity index (χ1n) is 6.25. The molecule has 0 heterocycles. The SMILES string of the molecule is CN(Cc1ccccc1F)c1cccc(F)c1C(N)=NO. The molecule has 0 aliphatic heterocycles. The van der Waals surface area contributed by atoms with Crippen molar-refractivity contribution in [3.63, 3.8) is 0 Å². The molecule has 0 aromatic heterocycles. The minimum absolute atomic E-state index is 0.0150. The van der Waals surface area contributed by atoms with Crippen LogP contribution >= 0.6 is 0 Å². The third-order valence-corrected chi connectivity index (χ3v) is 3.13. The van der Waals surface area contributed by atoms with Crippen molar-refractivity contribution in [3.8, 4) is 0 Å². The van der Waals surface area contributed by atoms with E-state index < -0.39 is 5.82 Å². The summed E-state index contributed by atoms with van der Waals surface area (Å²) in [4.78, 5) is 1.63. The van der Waals surface area contributed by atoms with Crippen LogP contribution in [0.15, 0.2) is 47.6 Å². The van der Waals surface area contributed by atoms with Gasteiger partial charge in [0.1, 0.15) is 11.6 Å². The van der Waals surface area contributed by atoms with Gasteiger partial charge in [0.25, 0.3) is 0 Å². The maximum Gasteiger partial charge on any atom is 0.175 e. The van der Waals surface area contributed by atoms with Gasteiger partial charge in [-0.2, -0.15) is 0 Å². The normalized spacial score (nSPS) is 11.5. The van der Waals surface area contributed by atoms with E-state index in [0.29, 0.717) is 11.3 Å². The second-order valence-corrected chi connectivity index (χ2v) is 4.57. The monoisotopic (exact) mass is 291 g/mol. The van der Waals surface area contributed by atoms with Crippen LogP contribution in [0, 0.1) is 11.6 Å². The molecule has 0 radical (unpaired) electrons. The zero-order chi connectivity index (χ0) is 15.4. The van der Waals surface area contributed by atoms with Crippen LogP contribution in [0.25, 0.3) is 0 Å². The number of nitrogens with zero attached hydrogens (tertiary/aromatic N) is 2. The lowest BCUT2D eigenvalue weighted by Crippen LogP contribution is -2.24. The van der Waals surface area contributed by atoms with Gasteiger partial charge in [0.2, 0.25) is 0 Å². The van der Waals surface area contributed by atoms with Crippen LogP contribution < -0.4 is 10.6 Å². The van der Waals surface area contributed by atoms with Crippen LogP contribution in [0.3, 0.4) is 0 Å². The first-order valence-corrected chi connectivity index (χ1v) is 6.25. The molecule has 0 bridgehead atoms. The zero-order valence-electron chi connectivity index (χ0n) is 11.4. The molecule has 0 unspecified atom stereocenters. The number of oxime groups is 1. The predicted molar refractivity (Wildman–Crippen MR) is 77.4 cm³/mol. The van der Waals surface area contributed by atoms with Gasteiger partial charge in [0, 0.05) is 19.2 Å². The van der Waals surface area contributed by atoms with Crippen molar-refractivity contribution in [2.45, 2.75) is 6.54 Å². The first-order chi connectivity index (χ1) is 10.0. The summed E-state index contributed by atoms with van der Waals surface area (Å²) in [5, 5.41) is 11.6. The van der Waals surface area contributed by atoms with Crippen LogP contribution in [0.2, 0.25) is 0 Å². The van der Waals surface area contributed by atoms with Gasteiger partial charge < -0.3 is 15.8 Å². The Kier molecular flexibility index (Phi) is 4.37. The van der Waals surface area contributed by atoms with Gasteiger partial charge in [-0.25, -0.2) is 8.78 Å². The molecule has 4 nitrogen and oxygen atoms in total. The third kappa shape index (κ3) is 3.10. The van der Waals surface area contributed by atoms with Crippen molar-refractivity contribution in [1.29, 1.82) is 0 Å². The van der Waals surface area contributed by atoms with Gasteiger partial charge >= 0.3 is 0 Å². The van der Waals surface area contributed by atoms with E-state index in [1.165, 1.54) is 18.2 Å². The topological polar surface area (TPSA) is 61.8 Å². The average molecular weight is 291 g/mol. The smallest absolute Gasteiger partial charge is 0.175 e. The number of hydrogen-bond acceptors (Lipinski definition) is 3. The fourth-order valence-electron chi connectivity index (χ4n) is 2.10. The molecule has 0 saturated heterocycles. The van der Waals surface area contributed by atoms with E-state index in [9.17, 15) is 8.78 Å². The van der Waals surface area contributed by atoms with Crippen molar-refractivity contribution >= 4 is 11.5 Å². The summed E-state index contributed by atoms with van der Waals surface area (Å²) in [7, 11) is 1.68. The summed E-state index contributed by atoms with van der Waals surface area (Å²) >= 11 is 0. The standard InChI is InChI=1S/C15H15F2N3O/c1-20(9-10-5-2-3-6-11(10)16)13-8-4-7-12(17)14(13)15(18)19-21/h2-8,21H,9H2,1H3,(H2,18,19). The highest BCUT2D eigenvalue weighted by Gasteiger charge is 2.16. The largest absolute Gasteiger partial charge is 0.409 e. The summed E-state index contributed by atoms with van der Waals surface area (Å²) in [6.45, 7) is 0.224. The number of amidine groups is 1. The summed E-state index contributed by atoms with van der Waals surface area (Å²) < 4.78 is 27.6. The molecule has 0 fully saturated rings. The number of anilines is 1. The van der Waals surface area contributed by atoms with E-state index in [1.807, 2.05) is 0 Å². The van der Waals surface area contributed by atoms with Crippen LogP contribution in [0.5, 0.6) is 0 Å². The van der Waals surface area contributed by atoms with Gasteiger partial charge in [0.15, 0.2) is 5.84 Å². The van der Waals surface area contributed by atoms with Crippen LogP contribution in [-0.2, 0) is 6.54 Å². The van der Waals surface area contributed by atoms with E-state index in [0.717, 1.165) is 0 Å². The summed E-state index contributed by atoms with van der Waals surface area (Å²) in [5.41, 5.74) is 6.38. The number of rotatable bonds is 4. The molecule has 0 spiro atoms. The Morgan fingerprint density at radius 2 is 1.81 bits per heavy atom. The van der Waals surface area contributed by atoms with Gasteiger partial charge in [0.05, 0.1) is 11.3 Å². The summed E-state index contributed by atoms with van der Waals surface area (Å²) in [6.07, 6.45) is 0. The van der Waals surface area contributed by atoms with Crippen LogP contribution in [0.4, 0.5) is 14.5 Å². The highest BCUT2D eigenvalue weighted by Crippen LogP contribution is 2.24. The van der Waals surface area contributed by atoms with Crippen molar-refractivity contribution in [2.24, 2.45) is 10.9 Å². The molecule has 3 N–H and O–H groups in total. The minimum atomic E-state index is -0.608. The fourth-order valence-corrected chi connectivity index (χ4v) is 2.10.